The molecule has 1 aromatic carbocycles. The van der Waals surface area contributed by atoms with E-state index in [0.717, 1.165) is 26.7 Å². The van der Waals surface area contributed by atoms with Crippen molar-refractivity contribution in [3.05, 3.63) is 26.6 Å². The normalized spacial score (nSPS) is 22.8. The van der Waals surface area contributed by atoms with Gasteiger partial charge < -0.3 is 15.5 Å². The van der Waals surface area contributed by atoms with Crippen molar-refractivity contribution < 1.29 is 4.43 Å². The molecule has 1 aromatic rings. The van der Waals surface area contributed by atoms with E-state index in [1.54, 1.807) is 0 Å². The van der Waals surface area contributed by atoms with Crippen LogP contribution in [0.4, 0.5) is 5.69 Å². The van der Waals surface area contributed by atoms with Gasteiger partial charge in [0.2, 0.25) is 0 Å². The molecule has 0 heterocycles. The largest absolute Gasteiger partial charge is 0.415 e. The van der Waals surface area contributed by atoms with Crippen LogP contribution in [-0.4, -0.2) is 20.5 Å². The van der Waals surface area contributed by atoms with E-state index in [4.69, 9.17) is 10.2 Å². The van der Waals surface area contributed by atoms with Crippen LogP contribution in [0.1, 0.15) is 31.2 Å². The second kappa shape index (κ2) is 7.79. The Morgan fingerprint density at radius 1 is 1.18 bits per heavy atom. The smallest absolute Gasteiger partial charge is 0.184 e. The molecule has 124 valence electrons. The highest BCUT2D eigenvalue weighted by molar-refractivity contribution is 9.11. The van der Waals surface area contributed by atoms with Crippen molar-refractivity contribution >= 4 is 45.9 Å². The lowest BCUT2D eigenvalue weighted by atomic mass is 9.93. The topological polar surface area (TPSA) is 47.3 Å². The molecular weight excluding hydrogens is 424 g/mol. The SMILES string of the molecule is C[Si](C)(C)OC1CCC(NCc2cc(Br)cc(Br)c2N)CC1. The average molecular weight is 450 g/mol. The van der Waals surface area contributed by atoms with Crippen LogP contribution in [0.25, 0.3) is 0 Å². The van der Waals surface area contributed by atoms with E-state index < -0.39 is 8.32 Å². The molecule has 0 bridgehead atoms. The summed E-state index contributed by atoms with van der Waals surface area (Å²) in [5.41, 5.74) is 8.10. The molecule has 0 saturated heterocycles. The van der Waals surface area contributed by atoms with Crippen LogP contribution in [-0.2, 0) is 11.0 Å². The van der Waals surface area contributed by atoms with Gasteiger partial charge in [0, 0.05) is 27.6 Å². The Morgan fingerprint density at radius 2 is 1.82 bits per heavy atom. The Hall–Kier alpha value is 0.117. The van der Waals surface area contributed by atoms with Gasteiger partial charge >= 0.3 is 0 Å². The molecule has 0 radical (unpaired) electrons. The van der Waals surface area contributed by atoms with Crippen molar-refractivity contribution in [1.82, 2.24) is 5.32 Å². The second-order valence-electron chi connectivity index (χ2n) is 7.05. The Morgan fingerprint density at radius 3 is 2.41 bits per heavy atom. The molecule has 22 heavy (non-hydrogen) atoms. The summed E-state index contributed by atoms with van der Waals surface area (Å²) in [6.07, 6.45) is 5.17. The second-order valence-corrected chi connectivity index (χ2v) is 13.3. The molecule has 3 nitrogen and oxygen atoms in total. The number of nitrogens with one attached hydrogen (secondary N) is 1. The summed E-state index contributed by atoms with van der Waals surface area (Å²) in [4.78, 5) is 0. The molecule has 2 rings (SSSR count). The standard InChI is InChI=1S/C16H26Br2N2OSi/c1-22(2,3)21-14-6-4-13(5-7-14)20-10-11-8-12(17)9-15(18)16(11)19/h8-9,13-14,20H,4-7,10,19H2,1-3H3. The van der Waals surface area contributed by atoms with Gasteiger partial charge in [-0.1, -0.05) is 15.9 Å². The van der Waals surface area contributed by atoms with Gasteiger partial charge in [-0.3, -0.25) is 0 Å². The zero-order valence-electron chi connectivity index (χ0n) is 13.6. The van der Waals surface area contributed by atoms with Crippen LogP contribution in [0.5, 0.6) is 0 Å². The summed E-state index contributed by atoms with van der Waals surface area (Å²) in [5, 5.41) is 3.65. The zero-order valence-corrected chi connectivity index (χ0v) is 17.8. The molecule has 1 fully saturated rings. The molecule has 0 aliphatic heterocycles. The van der Waals surface area contributed by atoms with Crippen LogP contribution in [0.2, 0.25) is 19.6 Å². The number of benzene rings is 1. The van der Waals surface area contributed by atoms with E-state index in [1.807, 2.05) is 6.07 Å². The molecule has 1 aliphatic carbocycles. The number of hydrogen-bond acceptors (Lipinski definition) is 3. The first-order valence-corrected chi connectivity index (χ1v) is 12.9. The van der Waals surface area contributed by atoms with E-state index in [2.05, 4.69) is 62.9 Å². The molecule has 3 N–H and O–H groups in total. The molecule has 0 spiro atoms. The first-order chi connectivity index (χ1) is 10.2. The van der Waals surface area contributed by atoms with Crippen molar-refractivity contribution in [2.75, 3.05) is 5.73 Å². The first kappa shape index (κ1) is 18.5. The van der Waals surface area contributed by atoms with Gasteiger partial charge in [0.15, 0.2) is 8.32 Å². The number of anilines is 1. The van der Waals surface area contributed by atoms with Crippen molar-refractivity contribution in [3.63, 3.8) is 0 Å². The quantitative estimate of drug-likeness (QED) is 0.488. The summed E-state index contributed by atoms with van der Waals surface area (Å²) in [6, 6.07) is 4.64. The van der Waals surface area contributed by atoms with Gasteiger partial charge in [-0.25, -0.2) is 0 Å². The zero-order chi connectivity index (χ0) is 16.3. The predicted molar refractivity (Wildman–Crippen MR) is 104 cm³/mol. The average Bonchev–Trinajstić information content (AvgIpc) is 2.41. The summed E-state index contributed by atoms with van der Waals surface area (Å²) < 4.78 is 8.22. The van der Waals surface area contributed by atoms with E-state index in [1.165, 1.54) is 25.7 Å². The Labute approximate surface area is 151 Å². The van der Waals surface area contributed by atoms with Crippen molar-refractivity contribution in [1.29, 1.82) is 0 Å². The molecule has 0 unspecified atom stereocenters. The summed E-state index contributed by atoms with van der Waals surface area (Å²) in [7, 11) is -1.41. The molecule has 6 heteroatoms. The maximum atomic E-state index is 6.22. The molecular formula is C16H26Br2N2OSi. The van der Waals surface area contributed by atoms with E-state index >= 15 is 0 Å². The van der Waals surface area contributed by atoms with Gasteiger partial charge in [0.25, 0.3) is 0 Å². The van der Waals surface area contributed by atoms with E-state index in [9.17, 15) is 0 Å². The summed E-state index contributed by atoms with van der Waals surface area (Å²) >= 11 is 7.03. The lowest BCUT2D eigenvalue weighted by Gasteiger charge is -2.33. The number of halogens is 2. The van der Waals surface area contributed by atoms with Gasteiger partial charge in [-0.2, -0.15) is 0 Å². The Balaban J connectivity index is 1.82. The molecule has 0 amide bonds. The van der Waals surface area contributed by atoms with Crippen molar-refractivity contribution in [3.8, 4) is 0 Å². The number of nitrogen functional groups attached to an aromatic ring is 1. The van der Waals surface area contributed by atoms with Crippen LogP contribution < -0.4 is 11.1 Å². The van der Waals surface area contributed by atoms with Crippen LogP contribution in [0, 0.1) is 0 Å². The fraction of sp³-hybridized carbons (Fsp3) is 0.625. The van der Waals surface area contributed by atoms with Crippen LogP contribution >= 0.6 is 31.9 Å². The molecule has 1 saturated carbocycles. The minimum absolute atomic E-state index is 0.467. The first-order valence-electron chi connectivity index (χ1n) is 7.89. The van der Waals surface area contributed by atoms with Crippen molar-refractivity contribution in [2.45, 2.75) is 64.0 Å². The molecule has 0 aromatic heterocycles. The predicted octanol–water partition coefficient (Wildman–Crippen LogP) is 5.05. The maximum absolute atomic E-state index is 6.22. The van der Waals surface area contributed by atoms with Crippen molar-refractivity contribution in [2.24, 2.45) is 0 Å². The minimum Gasteiger partial charge on any atom is -0.415 e. The van der Waals surface area contributed by atoms with Gasteiger partial charge in [0.05, 0.1) is 5.69 Å². The summed E-state index contributed by atoms with van der Waals surface area (Å²) in [6.45, 7) is 7.62. The van der Waals surface area contributed by atoms with Gasteiger partial charge in [-0.05, 0) is 79.0 Å². The van der Waals surface area contributed by atoms with Crippen LogP contribution in [0.3, 0.4) is 0 Å². The van der Waals surface area contributed by atoms with Crippen LogP contribution in [0.15, 0.2) is 21.1 Å². The fourth-order valence-electron chi connectivity index (χ4n) is 2.92. The third kappa shape index (κ3) is 5.64. The number of rotatable bonds is 5. The van der Waals surface area contributed by atoms with E-state index in [0.29, 0.717) is 12.1 Å². The Kier molecular flexibility index (Phi) is 6.54. The molecule has 0 atom stereocenters. The van der Waals surface area contributed by atoms with E-state index in [-0.39, 0.29) is 0 Å². The fourth-order valence-corrected chi connectivity index (χ4v) is 5.47. The number of hydrogen-bond donors (Lipinski definition) is 2. The Bertz CT molecular complexity index is 512. The lowest BCUT2D eigenvalue weighted by Crippen LogP contribution is -2.39. The minimum atomic E-state index is -1.41. The summed E-state index contributed by atoms with van der Waals surface area (Å²) in [5.74, 6) is 0. The monoisotopic (exact) mass is 448 g/mol. The third-order valence-electron chi connectivity index (χ3n) is 3.96. The molecule has 1 aliphatic rings. The third-order valence-corrected chi connectivity index (χ3v) is 6.11. The highest BCUT2D eigenvalue weighted by Gasteiger charge is 2.26. The highest BCUT2D eigenvalue weighted by atomic mass is 79.9. The highest BCUT2D eigenvalue weighted by Crippen LogP contribution is 2.29. The van der Waals surface area contributed by atoms with Gasteiger partial charge in [-0.15, -0.1) is 0 Å². The lowest BCUT2D eigenvalue weighted by molar-refractivity contribution is 0.133. The van der Waals surface area contributed by atoms with Gasteiger partial charge in [0.1, 0.15) is 0 Å². The maximum Gasteiger partial charge on any atom is 0.184 e. The number of nitrogens with two attached hydrogens (primary N) is 1.